The standard InChI is InChI=1S/C19H19ClN4O2/c20-16-3-1-4-18(13-16)26-12-10-21-19(25)22-14-15-5-7-17(8-6-15)24-11-2-9-23-24/h1-9,11,13H,10,12,14H2,(H2,21,22,25). The van der Waals surface area contributed by atoms with Gasteiger partial charge in [0.1, 0.15) is 12.4 Å². The fourth-order valence-corrected chi connectivity index (χ4v) is 2.50. The summed E-state index contributed by atoms with van der Waals surface area (Å²) in [6.45, 7) is 1.21. The number of ether oxygens (including phenoxy) is 1. The highest BCUT2D eigenvalue weighted by molar-refractivity contribution is 6.30. The molecular formula is C19H19ClN4O2. The number of halogens is 1. The number of hydrogen-bond acceptors (Lipinski definition) is 3. The molecule has 2 N–H and O–H groups in total. The highest BCUT2D eigenvalue weighted by Gasteiger charge is 2.02. The van der Waals surface area contributed by atoms with Gasteiger partial charge < -0.3 is 15.4 Å². The van der Waals surface area contributed by atoms with Crippen LogP contribution in [-0.4, -0.2) is 29.0 Å². The first-order valence-corrected chi connectivity index (χ1v) is 8.57. The molecule has 2 amide bonds. The van der Waals surface area contributed by atoms with E-state index in [2.05, 4.69) is 15.7 Å². The Kier molecular flexibility index (Phi) is 6.11. The summed E-state index contributed by atoms with van der Waals surface area (Å²) < 4.78 is 7.29. The molecule has 7 heteroatoms. The maximum Gasteiger partial charge on any atom is 0.315 e. The minimum absolute atomic E-state index is 0.240. The van der Waals surface area contributed by atoms with Gasteiger partial charge in [-0.2, -0.15) is 5.10 Å². The number of amides is 2. The second kappa shape index (κ2) is 8.92. The lowest BCUT2D eigenvalue weighted by atomic mass is 10.2. The second-order valence-corrected chi connectivity index (χ2v) is 5.97. The van der Waals surface area contributed by atoms with E-state index in [1.807, 2.05) is 48.7 Å². The zero-order chi connectivity index (χ0) is 18.2. The van der Waals surface area contributed by atoms with Gasteiger partial charge in [-0.15, -0.1) is 0 Å². The summed E-state index contributed by atoms with van der Waals surface area (Å²) in [5, 5.41) is 10.4. The number of nitrogens with zero attached hydrogens (tertiary/aromatic N) is 2. The zero-order valence-corrected chi connectivity index (χ0v) is 14.8. The van der Waals surface area contributed by atoms with Gasteiger partial charge >= 0.3 is 6.03 Å². The molecule has 26 heavy (non-hydrogen) atoms. The Hall–Kier alpha value is -2.99. The zero-order valence-electron chi connectivity index (χ0n) is 14.1. The maximum absolute atomic E-state index is 11.8. The maximum atomic E-state index is 11.8. The van der Waals surface area contributed by atoms with Crippen molar-refractivity contribution in [2.75, 3.05) is 13.2 Å². The molecule has 0 aliphatic rings. The van der Waals surface area contributed by atoms with Crippen LogP contribution in [0.5, 0.6) is 5.75 Å². The molecule has 0 aliphatic carbocycles. The molecule has 0 aliphatic heterocycles. The van der Waals surface area contributed by atoms with Crippen molar-refractivity contribution in [1.29, 1.82) is 0 Å². The van der Waals surface area contributed by atoms with Gasteiger partial charge in [-0.05, 0) is 42.0 Å². The van der Waals surface area contributed by atoms with Crippen LogP contribution in [0, 0.1) is 0 Å². The molecule has 0 saturated carbocycles. The number of carbonyl (C=O) groups excluding carboxylic acids is 1. The van der Waals surface area contributed by atoms with Gasteiger partial charge in [0, 0.05) is 24.0 Å². The van der Waals surface area contributed by atoms with Crippen LogP contribution in [0.1, 0.15) is 5.56 Å². The number of hydrogen-bond donors (Lipinski definition) is 2. The van der Waals surface area contributed by atoms with Gasteiger partial charge in [0.15, 0.2) is 0 Å². The molecule has 2 aromatic carbocycles. The van der Waals surface area contributed by atoms with Gasteiger partial charge in [0.2, 0.25) is 0 Å². The number of rotatable bonds is 7. The van der Waals surface area contributed by atoms with Crippen molar-refractivity contribution in [3.8, 4) is 11.4 Å². The SMILES string of the molecule is O=C(NCCOc1cccc(Cl)c1)NCc1ccc(-n2cccn2)cc1. The fraction of sp³-hybridized carbons (Fsp3) is 0.158. The average molecular weight is 371 g/mol. The minimum Gasteiger partial charge on any atom is -0.492 e. The molecule has 0 saturated heterocycles. The lowest BCUT2D eigenvalue weighted by Gasteiger charge is -2.10. The molecule has 0 fully saturated rings. The number of nitrogens with one attached hydrogen (secondary N) is 2. The third-order valence-corrected chi connectivity index (χ3v) is 3.85. The van der Waals surface area contributed by atoms with Crippen LogP contribution < -0.4 is 15.4 Å². The highest BCUT2D eigenvalue weighted by atomic mass is 35.5. The van der Waals surface area contributed by atoms with Crippen LogP contribution in [0.3, 0.4) is 0 Å². The van der Waals surface area contributed by atoms with Crippen LogP contribution in [0.25, 0.3) is 5.69 Å². The first-order valence-electron chi connectivity index (χ1n) is 8.20. The molecule has 6 nitrogen and oxygen atoms in total. The summed E-state index contributed by atoms with van der Waals surface area (Å²) in [6, 6.07) is 16.6. The van der Waals surface area contributed by atoms with Crippen LogP contribution in [0.15, 0.2) is 67.0 Å². The third kappa shape index (κ3) is 5.26. The van der Waals surface area contributed by atoms with Crippen molar-refractivity contribution in [1.82, 2.24) is 20.4 Å². The first-order chi connectivity index (χ1) is 12.7. The Morgan fingerprint density at radius 2 is 1.96 bits per heavy atom. The van der Waals surface area contributed by atoms with E-state index < -0.39 is 0 Å². The Labute approximate surface area is 156 Å². The molecule has 3 aromatic rings. The van der Waals surface area contributed by atoms with Crippen molar-refractivity contribution >= 4 is 17.6 Å². The van der Waals surface area contributed by atoms with Crippen molar-refractivity contribution in [3.05, 3.63) is 77.6 Å². The summed E-state index contributed by atoms with van der Waals surface area (Å²) in [5.41, 5.74) is 1.98. The molecular weight excluding hydrogens is 352 g/mol. The van der Waals surface area contributed by atoms with Crippen molar-refractivity contribution in [3.63, 3.8) is 0 Å². The van der Waals surface area contributed by atoms with Crippen molar-refractivity contribution in [2.24, 2.45) is 0 Å². The van der Waals surface area contributed by atoms with E-state index in [0.29, 0.717) is 30.5 Å². The number of benzene rings is 2. The molecule has 0 radical (unpaired) electrons. The molecule has 0 atom stereocenters. The van der Waals surface area contributed by atoms with E-state index in [9.17, 15) is 4.79 Å². The van der Waals surface area contributed by atoms with Gasteiger partial charge in [-0.3, -0.25) is 0 Å². The van der Waals surface area contributed by atoms with Crippen LogP contribution in [0.2, 0.25) is 5.02 Å². The summed E-state index contributed by atoms with van der Waals surface area (Å²) in [7, 11) is 0. The van der Waals surface area contributed by atoms with Gasteiger partial charge in [-0.1, -0.05) is 29.8 Å². The summed E-state index contributed by atoms with van der Waals surface area (Å²) >= 11 is 5.88. The molecule has 0 bridgehead atoms. The summed E-state index contributed by atoms with van der Waals surface area (Å²) in [4.78, 5) is 11.8. The lowest BCUT2D eigenvalue weighted by Crippen LogP contribution is -2.37. The largest absolute Gasteiger partial charge is 0.492 e. The molecule has 3 rings (SSSR count). The first kappa shape index (κ1) is 17.8. The smallest absolute Gasteiger partial charge is 0.315 e. The van der Waals surface area contributed by atoms with E-state index in [-0.39, 0.29) is 6.03 Å². The number of carbonyl (C=O) groups is 1. The van der Waals surface area contributed by atoms with Gasteiger partial charge in [-0.25, -0.2) is 9.48 Å². The predicted molar refractivity (Wildman–Crippen MR) is 101 cm³/mol. The van der Waals surface area contributed by atoms with E-state index in [0.717, 1.165) is 11.3 Å². The third-order valence-electron chi connectivity index (χ3n) is 3.61. The number of urea groups is 1. The van der Waals surface area contributed by atoms with E-state index >= 15 is 0 Å². The Bertz CT molecular complexity index is 835. The molecule has 1 aromatic heterocycles. The lowest BCUT2D eigenvalue weighted by molar-refractivity contribution is 0.236. The fourth-order valence-electron chi connectivity index (χ4n) is 2.32. The monoisotopic (exact) mass is 370 g/mol. The van der Waals surface area contributed by atoms with Gasteiger partial charge in [0.25, 0.3) is 0 Å². The van der Waals surface area contributed by atoms with E-state index in [4.69, 9.17) is 16.3 Å². The molecule has 134 valence electrons. The molecule has 0 unspecified atom stereocenters. The van der Waals surface area contributed by atoms with Crippen molar-refractivity contribution in [2.45, 2.75) is 6.54 Å². The normalized spacial score (nSPS) is 10.3. The summed E-state index contributed by atoms with van der Waals surface area (Å²) in [5.74, 6) is 0.678. The minimum atomic E-state index is -0.240. The topological polar surface area (TPSA) is 68.2 Å². The number of aromatic nitrogens is 2. The predicted octanol–water partition coefficient (Wildman–Crippen LogP) is 3.40. The van der Waals surface area contributed by atoms with Crippen LogP contribution >= 0.6 is 11.6 Å². The quantitative estimate of drug-likeness (QED) is 0.626. The Morgan fingerprint density at radius 3 is 2.69 bits per heavy atom. The Morgan fingerprint density at radius 1 is 1.12 bits per heavy atom. The summed E-state index contributed by atoms with van der Waals surface area (Å²) in [6.07, 6.45) is 3.61. The van der Waals surface area contributed by atoms with Gasteiger partial charge in [0.05, 0.1) is 12.2 Å². The van der Waals surface area contributed by atoms with E-state index in [1.54, 1.807) is 23.0 Å². The Balaban J connectivity index is 1.36. The molecule has 0 spiro atoms. The average Bonchev–Trinajstić information content (AvgIpc) is 3.19. The highest BCUT2D eigenvalue weighted by Crippen LogP contribution is 2.16. The van der Waals surface area contributed by atoms with E-state index in [1.165, 1.54) is 0 Å². The van der Waals surface area contributed by atoms with Crippen LogP contribution in [-0.2, 0) is 6.54 Å². The molecule has 1 heterocycles. The second-order valence-electron chi connectivity index (χ2n) is 5.53. The van der Waals surface area contributed by atoms with Crippen molar-refractivity contribution < 1.29 is 9.53 Å². The van der Waals surface area contributed by atoms with Crippen LogP contribution in [0.4, 0.5) is 4.79 Å².